The average Bonchev–Trinajstić information content (AvgIpc) is 2.96. The fourth-order valence-electron chi connectivity index (χ4n) is 2.28. The van der Waals surface area contributed by atoms with Gasteiger partial charge in [0.25, 0.3) is 0 Å². The number of nitrogens with zero attached hydrogens (tertiary/aromatic N) is 2. The molecular formula is C12H16FN3O. The molecule has 0 aromatic heterocycles. The molecule has 17 heavy (non-hydrogen) atoms. The van der Waals surface area contributed by atoms with Crippen molar-refractivity contribution in [2.45, 2.75) is 6.42 Å². The van der Waals surface area contributed by atoms with E-state index in [1.54, 1.807) is 12.1 Å². The van der Waals surface area contributed by atoms with Crippen LogP contribution in [-0.4, -0.2) is 24.6 Å². The van der Waals surface area contributed by atoms with Crippen LogP contribution in [0.4, 0.5) is 10.1 Å². The summed E-state index contributed by atoms with van der Waals surface area (Å²) in [6, 6.07) is 6.91. The van der Waals surface area contributed by atoms with Gasteiger partial charge in [-0.15, -0.1) is 0 Å². The molecule has 0 radical (unpaired) electrons. The van der Waals surface area contributed by atoms with Gasteiger partial charge in [0.1, 0.15) is 12.2 Å². The largest absolute Gasteiger partial charge is 0.410 e. The second kappa shape index (κ2) is 5.03. The second-order valence-electron chi connectivity index (χ2n) is 4.41. The summed E-state index contributed by atoms with van der Waals surface area (Å²) in [6.07, 6.45) is 2.20. The Morgan fingerprint density at radius 3 is 2.59 bits per heavy atom. The molecule has 0 bridgehead atoms. The molecule has 2 aliphatic rings. The van der Waals surface area contributed by atoms with Crippen molar-refractivity contribution >= 4 is 12.0 Å². The lowest BCUT2D eigenvalue weighted by molar-refractivity contribution is 0.321. The molecule has 4 nitrogen and oxygen atoms in total. The summed E-state index contributed by atoms with van der Waals surface area (Å²) in [4.78, 5) is 2.29. The molecular weight excluding hydrogens is 221 g/mol. The van der Waals surface area contributed by atoms with Gasteiger partial charge in [0.05, 0.1) is 0 Å². The summed E-state index contributed by atoms with van der Waals surface area (Å²) in [5.41, 5.74) is 5.53. The second-order valence-corrected chi connectivity index (χ2v) is 4.41. The number of fused-ring (bicyclic) bond motifs is 1. The average molecular weight is 237 g/mol. The number of anilines is 1. The fourth-order valence-corrected chi connectivity index (χ4v) is 2.28. The third-order valence-electron chi connectivity index (χ3n) is 3.22. The molecule has 2 unspecified atom stereocenters. The van der Waals surface area contributed by atoms with Gasteiger partial charge in [-0.3, -0.25) is 0 Å². The minimum Gasteiger partial charge on any atom is -0.410 e. The quantitative estimate of drug-likeness (QED) is 0.338. The van der Waals surface area contributed by atoms with Crippen LogP contribution in [0.25, 0.3) is 0 Å². The zero-order valence-electron chi connectivity index (χ0n) is 9.46. The fraction of sp³-hybridized carbons (Fsp3) is 0.417. The summed E-state index contributed by atoms with van der Waals surface area (Å²) in [5, 5.41) is 9.71. The van der Waals surface area contributed by atoms with E-state index in [0.717, 1.165) is 37.0 Å². The van der Waals surface area contributed by atoms with Crippen molar-refractivity contribution in [1.82, 2.24) is 0 Å². The Hall–Kier alpha value is -1.78. The molecule has 2 fully saturated rings. The van der Waals surface area contributed by atoms with Crippen molar-refractivity contribution in [2.75, 3.05) is 18.0 Å². The van der Waals surface area contributed by atoms with Gasteiger partial charge in [0, 0.05) is 18.8 Å². The minimum absolute atomic E-state index is 0.127. The third kappa shape index (κ3) is 2.87. The Kier molecular flexibility index (Phi) is 3.46. The van der Waals surface area contributed by atoms with Crippen LogP contribution >= 0.6 is 0 Å². The van der Waals surface area contributed by atoms with Crippen LogP contribution in [0, 0.1) is 17.7 Å². The van der Waals surface area contributed by atoms with Gasteiger partial charge in [-0.05, 0) is 36.5 Å². The van der Waals surface area contributed by atoms with Crippen molar-refractivity contribution in [3.63, 3.8) is 0 Å². The van der Waals surface area contributed by atoms with Crippen LogP contribution in [-0.2, 0) is 0 Å². The van der Waals surface area contributed by atoms with Crippen molar-refractivity contribution in [2.24, 2.45) is 22.7 Å². The summed E-state index contributed by atoms with van der Waals surface area (Å²) in [5.74, 6) is 1.68. The molecule has 92 valence electrons. The van der Waals surface area contributed by atoms with Gasteiger partial charge in [-0.2, -0.15) is 0 Å². The van der Waals surface area contributed by atoms with E-state index in [2.05, 4.69) is 15.8 Å². The van der Waals surface area contributed by atoms with Crippen LogP contribution in [0.2, 0.25) is 0 Å². The molecule has 2 atom stereocenters. The van der Waals surface area contributed by atoms with Crippen molar-refractivity contribution in [3.8, 4) is 0 Å². The predicted octanol–water partition coefficient (Wildman–Crippen LogP) is 1.64. The van der Waals surface area contributed by atoms with Crippen LogP contribution in [0.3, 0.4) is 0 Å². The van der Waals surface area contributed by atoms with Gasteiger partial charge in [0.2, 0.25) is 0 Å². The lowest BCUT2D eigenvalue weighted by atomic mass is 10.3. The Morgan fingerprint density at radius 2 is 2.06 bits per heavy atom. The first-order valence-corrected chi connectivity index (χ1v) is 5.62. The molecule has 1 aromatic carbocycles. The van der Waals surface area contributed by atoms with E-state index in [-0.39, 0.29) is 5.82 Å². The van der Waals surface area contributed by atoms with Gasteiger partial charge in [0.15, 0.2) is 0 Å². The molecule has 1 aliphatic carbocycles. The van der Waals surface area contributed by atoms with Crippen molar-refractivity contribution in [3.05, 3.63) is 30.1 Å². The molecule has 0 spiro atoms. The van der Waals surface area contributed by atoms with Gasteiger partial charge in [-0.1, -0.05) is 11.2 Å². The van der Waals surface area contributed by atoms with Crippen LogP contribution in [0.5, 0.6) is 0 Å². The number of oxime groups is 1. The van der Waals surface area contributed by atoms with Crippen LogP contribution < -0.4 is 10.6 Å². The molecule has 0 amide bonds. The highest BCUT2D eigenvalue weighted by molar-refractivity contribution is 5.49. The Balaban J connectivity index is 0.000000239. The summed E-state index contributed by atoms with van der Waals surface area (Å²) in [6.45, 7) is 2.27. The zero-order chi connectivity index (χ0) is 12.3. The highest BCUT2D eigenvalue weighted by Crippen LogP contribution is 2.46. The van der Waals surface area contributed by atoms with Gasteiger partial charge >= 0.3 is 0 Å². The van der Waals surface area contributed by atoms with E-state index in [0.29, 0.717) is 0 Å². The van der Waals surface area contributed by atoms with E-state index < -0.39 is 0 Å². The van der Waals surface area contributed by atoms with E-state index in [1.165, 1.54) is 12.5 Å². The predicted molar refractivity (Wildman–Crippen MR) is 64.7 cm³/mol. The monoisotopic (exact) mass is 237 g/mol. The third-order valence-corrected chi connectivity index (χ3v) is 3.22. The molecule has 3 rings (SSSR count). The van der Waals surface area contributed by atoms with Crippen LogP contribution in [0.15, 0.2) is 29.4 Å². The minimum atomic E-state index is -0.127. The Bertz CT molecular complexity index is 396. The van der Waals surface area contributed by atoms with Crippen molar-refractivity contribution in [1.29, 1.82) is 0 Å². The first-order valence-electron chi connectivity index (χ1n) is 5.62. The number of piperidine rings is 1. The van der Waals surface area contributed by atoms with E-state index >= 15 is 0 Å². The van der Waals surface area contributed by atoms with Gasteiger partial charge in [-0.25, -0.2) is 4.39 Å². The summed E-state index contributed by atoms with van der Waals surface area (Å²) in [7, 11) is 0. The highest BCUT2D eigenvalue weighted by atomic mass is 19.1. The highest BCUT2D eigenvalue weighted by Gasteiger charge is 2.44. The molecule has 1 aromatic rings. The number of rotatable bonds is 1. The summed E-state index contributed by atoms with van der Waals surface area (Å²) < 4.78 is 12.9. The first kappa shape index (κ1) is 11.7. The molecule has 5 heteroatoms. The lowest BCUT2D eigenvalue weighted by Crippen LogP contribution is -2.21. The van der Waals surface area contributed by atoms with Crippen molar-refractivity contribution < 1.29 is 9.60 Å². The Labute approximate surface area is 99.5 Å². The van der Waals surface area contributed by atoms with Gasteiger partial charge < -0.3 is 15.8 Å². The first-order chi connectivity index (χ1) is 8.24. The number of benzene rings is 1. The Morgan fingerprint density at radius 1 is 1.41 bits per heavy atom. The molecule has 1 saturated carbocycles. The van der Waals surface area contributed by atoms with E-state index in [1.807, 2.05) is 6.07 Å². The normalized spacial score (nSPS) is 25.4. The van der Waals surface area contributed by atoms with Crippen LogP contribution in [0.1, 0.15) is 6.42 Å². The smallest absolute Gasteiger partial charge is 0.125 e. The number of hydrogen-bond donors (Lipinski definition) is 2. The standard InChI is InChI=1S/C11H12FN.CH4N2O/c12-10-2-1-3-11(5-10)13-6-8-4-9(8)7-13;2-1-3-4/h1-3,5,8-9H,4,6-7H2;1,4H,(H2,2,3). The zero-order valence-corrected chi connectivity index (χ0v) is 9.46. The summed E-state index contributed by atoms with van der Waals surface area (Å²) >= 11 is 0. The molecule has 1 saturated heterocycles. The maximum atomic E-state index is 12.9. The SMILES string of the molecule is Fc1cccc(N2CC3CC3C2)c1.N/C=N\O. The molecule has 3 N–H and O–H groups in total. The van der Waals surface area contributed by atoms with E-state index in [9.17, 15) is 4.39 Å². The number of halogens is 1. The maximum Gasteiger partial charge on any atom is 0.125 e. The van der Waals surface area contributed by atoms with E-state index in [4.69, 9.17) is 5.21 Å². The lowest BCUT2D eigenvalue weighted by Gasteiger charge is -2.19. The maximum absolute atomic E-state index is 12.9. The molecule has 1 heterocycles. The number of hydrogen-bond acceptors (Lipinski definition) is 3. The molecule has 1 aliphatic heterocycles. The topological polar surface area (TPSA) is 61.8 Å². The number of nitrogens with two attached hydrogens (primary N) is 1.